The molecule has 1 aliphatic heterocycles. The highest BCUT2D eigenvalue weighted by Gasteiger charge is 2.43. The predicted molar refractivity (Wildman–Crippen MR) is 121 cm³/mol. The zero-order valence-electron chi connectivity index (χ0n) is 18.7. The van der Waals surface area contributed by atoms with Crippen LogP contribution in [0.5, 0.6) is 0 Å². The summed E-state index contributed by atoms with van der Waals surface area (Å²) in [4.78, 5) is 33.2. The number of rotatable bonds is 5. The van der Waals surface area contributed by atoms with Crippen LogP contribution in [0, 0.1) is 12.8 Å². The lowest BCUT2D eigenvalue weighted by molar-refractivity contribution is -0.153. The number of thiophene rings is 1. The SMILES string of the molecule is Cc1ccc(N2C(=O)CC[C@@H](C(=O)OCc3nc(C(C)(C)C)no3)[C@H]2c2cccs2)cc1. The number of hydrogen-bond donors (Lipinski definition) is 0. The summed E-state index contributed by atoms with van der Waals surface area (Å²) in [6.45, 7) is 7.86. The fraction of sp³-hybridized carbons (Fsp3) is 0.417. The van der Waals surface area contributed by atoms with E-state index >= 15 is 0 Å². The molecule has 0 bridgehead atoms. The Morgan fingerprint density at radius 1 is 1.25 bits per heavy atom. The molecule has 168 valence electrons. The van der Waals surface area contributed by atoms with Crippen molar-refractivity contribution in [1.82, 2.24) is 10.1 Å². The van der Waals surface area contributed by atoms with Crippen LogP contribution in [0.2, 0.25) is 0 Å². The predicted octanol–water partition coefficient (Wildman–Crippen LogP) is 4.96. The molecule has 0 spiro atoms. The summed E-state index contributed by atoms with van der Waals surface area (Å²) in [5.41, 5.74) is 1.63. The molecule has 32 heavy (non-hydrogen) atoms. The molecule has 7 nitrogen and oxygen atoms in total. The molecule has 0 radical (unpaired) electrons. The van der Waals surface area contributed by atoms with Gasteiger partial charge in [-0.3, -0.25) is 9.59 Å². The van der Waals surface area contributed by atoms with E-state index in [2.05, 4.69) is 10.1 Å². The summed E-state index contributed by atoms with van der Waals surface area (Å²) >= 11 is 1.53. The second-order valence-corrected chi connectivity index (χ2v) is 10.1. The Kier molecular flexibility index (Phi) is 6.15. The van der Waals surface area contributed by atoms with Gasteiger partial charge in [0.05, 0.1) is 12.0 Å². The standard InChI is InChI=1S/C24H27N3O4S/c1-15-7-9-16(10-8-15)27-20(28)12-11-17(21(27)18-6-5-13-32-18)22(29)30-14-19-25-23(26-31-19)24(2,3)4/h5-10,13,17,21H,11-12,14H2,1-4H3/t17-,21+/m1/s1. The molecule has 3 heterocycles. The number of esters is 1. The number of carbonyl (C=O) groups is 2. The number of aryl methyl sites for hydroxylation is 1. The Bertz CT molecular complexity index is 1080. The van der Waals surface area contributed by atoms with E-state index in [1.807, 2.05) is 69.5 Å². The maximum Gasteiger partial charge on any atom is 0.311 e. The number of piperidine rings is 1. The number of nitrogens with zero attached hydrogens (tertiary/aromatic N) is 3. The number of amides is 1. The first-order chi connectivity index (χ1) is 15.2. The third-order valence-corrected chi connectivity index (χ3v) is 6.47. The Morgan fingerprint density at radius 3 is 2.62 bits per heavy atom. The zero-order chi connectivity index (χ0) is 22.9. The van der Waals surface area contributed by atoms with Crippen LogP contribution in [0.25, 0.3) is 0 Å². The molecule has 4 rings (SSSR count). The van der Waals surface area contributed by atoms with Gasteiger partial charge < -0.3 is 14.2 Å². The van der Waals surface area contributed by atoms with Crippen molar-refractivity contribution in [2.45, 2.75) is 58.6 Å². The first kappa shape index (κ1) is 22.2. The molecule has 8 heteroatoms. The molecule has 1 aromatic carbocycles. The lowest BCUT2D eigenvalue weighted by Gasteiger charge is -2.39. The molecule has 1 amide bonds. The van der Waals surface area contributed by atoms with E-state index in [-0.39, 0.29) is 36.2 Å². The normalized spacial score (nSPS) is 19.2. The van der Waals surface area contributed by atoms with Gasteiger partial charge in [0.2, 0.25) is 5.91 Å². The van der Waals surface area contributed by atoms with Crippen LogP contribution in [-0.4, -0.2) is 22.0 Å². The molecule has 2 aromatic heterocycles. The summed E-state index contributed by atoms with van der Waals surface area (Å²) in [6.07, 6.45) is 0.712. The largest absolute Gasteiger partial charge is 0.455 e. The quantitative estimate of drug-likeness (QED) is 0.507. The van der Waals surface area contributed by atoms with Gasteiger partial charge in [-0.2, -0.15) is 4.98 Å². The minimum Gasteiger partial charge on any atom is -0.455 e. The van der Waals surface area contributed by atoms with Gasteiger partial charge in [0.25, 0.3) is 5.89 Å². The summed E-state index contributed by atoms with van der Waals surface area (Å²) in [5.74, 6) is -0.0312. The fourth-order valence-electron chi connectivity index (χ4n) is 3.79. The molecule has 0 unspecified atom stereocenters. The lowest BCUT2D eigenvalue weighted by atomic mass is 9.87. The Morgan fingerprint density at radius 2 is 2.00 bits per heavy atom. The highest BCUT2D eigenvalue weighted by molar-refractivity contribution is 7.10. The van der Waals surface area contributed by atoms with Crippen LogP contribution in [0.3, 0.4) is 0 Å². The molecular formula is C24H27N3O4S. The Balaban J connectivity index is 1.57. The van der Waals surface area contributed by atoms with Gasteiger partial charge in [-0.05, 0) is 36.9 Å². The summed E-state index contributed by atoms with van der Waals surface area (Å²) < 4.78 is 10.8. The maximum absolute atomic E-state index is 13.2. The van der Waals surface area contributed by atoms with Crippen molar-refractivity contribution in [3.63, 3.8) is 0 Å². The average molecular weight is 454 g/mol. The second-order valence-electron chi connectivity index (χ2n) is 9.07. The number of carbonyl (C=O) groups excluding carboxylic acids is 2. The monoisotopic (exact) mass is 453 g/mol. The number of anilines is 1. The van der Waals surface area contributed by atoms with Crippen molar-refractivity contribution in [3.8, 4) is 0 Å². The van der Waals surface area contributed by atoms with Crippen molar-refractivity contribution >= 4 is 28.9 Å². The molecule has 0 saturated carbocycles. The van der Waals surface area contributed by atoms with Crippen molar-refractivity contribution in [2.24, 2.45) is 5.92 Å². The molecule has 1 fully saturated rings. The smallest absolute Gasteiger partial charge is 0.311 e. The summed E-state index contributed by atoms with van der Waals surface area (Å²) in [7, 11) is 0. The van der Waals surface area contributed by atoms with E-state index in [9.17, 15) is 9.59 Å². The van der Waals surface area contributed by atoms with Gasteiger partial charge in [0.1, 0.15) is 0 Å². The first-order valence-electron chi connectivity index (χ1n) is 10.7. The van der Waals surface area contributed by atoms with E-state index in [1.165, 1.54) is 11.3 Å². The van der Waals surface area contributed by atoms with Crippen LogP contribution in [0.15, 0.2) is 46.3 Å². The van der Waals surface area contributed by atoms with E-state index in [4.69, 9.17) is 9.26 Å². The number of aromatic nitrogens is 2. The third kappa shape index (κ3) is 4.60. The van der Waals surface area contributed by atoms with Gasteiger partial charge >= 0.3 is 5.97 Å². The van der Waals surface area contributed by atoms with E-state index in [0.717, 1.165) is 16.1 Å². The maximum atomic E-state index is 13.2. The van der Waals surface area contributed by atoms with Crippen molar-refractivity contribution < 1.29 is 18.8 Å². The van der Waals surface area contributed by atoms with Crippen molar-refractivity contribution in [2.75, 3.05) is 4.90 Å². The highest BCUT2D eigenvalue weighted by atomic mass is 32.1. The highest BCUT2D eigenvalue weighted by Crippen LogP contribution is 2.42. The van der Waals surface area contributed by atoms with Gasteiger partial charge in [-0.15, -0.1) is 11.3 Å². The van der Waals surface area contributed by atoms with E-state index < -0.39 is 12.0 Å². The number of hydrogen-bond acceptors (Lipinski definition) is 7. The van der Waals surface area contributed by atoms with Crippen LogP contribution in [-0.2, 0) is 26.3 Å². The molecular weight excluding hydrogens is 426 g/mol. The molecule has 2 atom stereocenters. The summed E-state index contributed by atoms with van der Waals surface area (Å²) in [6, 6.07) is 11.3. The minimum atomic E-state index is -0.488. The number of benzene rings is 1. The lowest BCUT2D eigenvalue weighted by Crippen LogP contribution is -2.45. The van der Waals surface area contributed by atoms with E-state index in [1.54, 1.807) is 4.90 Å². The number of ether oxygens (including phenoxy) is 1. The van der Waals surface area contributed by atoms with Crippen LogP contribution in [0.4, 0.5) is 5.69 Å². The first-order valence-corrected chi connectivity index (χ1v) is 11.5. The Labute approximate surface area is 191 Å². The van der Waals surface area contributed by atoms with Crippen molar-refractivity contribution in [1.29, 1.82) is 0 Å². The molecule has 1 aliphatic rings. The third-order valence-electron chi connectivity index (χ3n) is 5.52. The van der Waals surface area contributed by atoms with Crippen LogP contribution in [0.1, 0.15) is 61.8 Å². The average Bonchev–Trinajstić information content (AvgIpc) is 3.44. The van der Waals surface area contributed by atoms with Gasteiger partial charge in [-0.25, -0.2) is 0 Å². The van der Waals surface area contributed by atoms with Gasteiger partial charge in [0, 0.05) is 22.4 Å². The fourth-order valence-corrected chi connectivity index (χ4v) is 4.67. The van der Waals surface area contributed by atoms with Crippen molar-refractivity contribution in [3.05, 3.63) is 63.9 Å². The van der Waals surface area contributed by atoms with Crippen LogP contribution < -0.4 is 4.90 Å². The topological polar surface area (TPSA) is 85.5 Å². The second kappa shape index (κ2) is 8.86. The van der Waals surface area contributed by atoms with Gasteiger partial charge in [0.15, 0.2) is 12.4 Å². The molecule has 3 aromatic rings. The molecule has 0 N–H and O–H groups in total. The van der Waals surface area contributed by atoms with E-state index in [0.29, 0.717) is 12.2 Å². The minimum absolute atomic E-state index is 0.00280. The molecule has 1 saturated heterocycles. The Hall–Kier alpha value is -3.00. The summed E-state index contributed by atoms with van der Waals surface area (Å²) in [5, 5.41) is 5.93. The van der Waals surface area contributed by atoms with Crippen LogP contribution >= 0.6 is 11.3 Å². The zero-order valence-corrected chi connectivity index (χ0v) is 19.5. The molecule has 0 aliphatic carbocycles. The van der Waals surface area contributed by atoms with Gasteiger partial charge in [-0.1, -0.05) is 49.7 Å².